The number of halogens is 6. The van der Waals surface area contributed by atoms with Crippen molar-refractivity contribution in [1.29, 1.82) is 5.26 Å². The van der Waals surface area contributed by atoms with Crippen molar-refractivity contribution in [2.45, 2.75) is 42.7 Å². The molecule has 0 amide bonds. The summed E-state index contributed by atoms with van der Waals surface area (Å²) >= 11 is 19.0. The average Bonchev–Trinajstić information content (AvgIpc) is 3.14. The van der Waals surface area contributed by atoms with Crippen LogP contribution in [0.4, 0.5) is 19.0 Å². The van der Waals surface area contributed by atoms with Crippen LogP contribution in [0.2, 0.25) is 5.15 Å². The van der Waals surface area contributed by atoms with Gasteiger partial charge in [0.2, 0.25) is 5.82 Å². The number of aryl methyl sites for hydroxylation is 1. The Balaban J connectivity index is 2.00. The molecule has 0 aromatic carbocycles. The number of alkyl halides is 5. The van der Waals surface area contributed by atoms with Gasteiger partial charge in [-0.2, -0.15) is 23.5 Å². The Hall–Kier alpha value is -1.94. The highest BCUT2D eigenvalue weighted by atomic mass is 35.5. The lowest BCUT2D eigenvalue weighted by molar-refractivity contribution is -0.182. The number of hydrogen-bond donors (Lipinski definition) is 1. The van der Waals surface area contributed by atoms with Crippen molar-refractivity contribution in [3.63, 3.8) is 0 Å². The van der Waals surface area contributed by atoms with E-state index in [0.29, 0.717) is 11.3 Å². The first kappa shape index (κ1) is 20.8. The lowest BCUT2D eigenvalue weighted by atomic mass is 9.85. The van der Waals surface area contributed by atoms with Crippen molar-refractivity contribution in [1.82, 2.24) is 19.7 Å². The number of hydrogen-bond acceptors (Lipinski definition) is 3. The van der Waals surface area contributed by atoms with E-state index < -0.39 is 28.9 Å². The Morgan fingerprint density at radius 1 is 1.32 bits per heavy atom. The second-order valence-corrected chi connectivity index (χ2v) is 7.91. The van der Waals surface area contributed by atoms with Gasteiger partial charge in [-0.25, -0.2) is 9.67 Å². The highest BCUT2D eigenvalue weighted by Crippen LogP contribution is 2.47. The first-order chi connectivity index (χ1) is 13.1. The molecule has 0 bridgehead atoms. The lowest BCUT2D eigenvalue weighted by Gasteiger charge is -2.37. The van der Waals surface area contributed by atoms with Crippen molar-refractivity contribution < 1.29 is 13.2 Å². The number of nitrogens with zero attached hydrogens (tertiary/aromatic N) is 5. The number of aromatic amines is 1. The summed E-state index contributed by atoms with van der Waals surface area (Å²) in [5, 5.41) is 11.6. The molecule has 0 saturated heterocycles. The van der Waals surface area contributed by atoms with Gasteiger partial charge in [0.25, 0.3) is 5.82 Å². The predicted octanol–water partition coefficient (Wildman–Crippen LogP) is 5.39. The van der Waals surface area contributed by atoms with E-state index in [1.807, 2.05) is 0 Å². The predicted molar refractivity (Wildman–Crippen MR) is 97.6 cm³/mol. The topological polar surface area (TPSA) is 74.7 Å². The van der Waals surface area contributed by atoms with Crippen LogP contribution in [0.1, 0.15) is 30.3 Å². The van der Waals surface area contributed by atoms with Crippen LogP contribution in [0.15, 0.2) is 0 Å². The third kappa shape index (κ3) is 3.55. The third-order valence-corrected chi connectivity index (χ3v) is 5.91. The number of rotatable bonds is 2. The van der Waals surface area contributed by atoms with Gasteiger partial charge < -0.3 is 4.85 Å². The van der Waals surface area contributed by atoms with E-state index in [1.165, 1.54) is 4.68 Å². The van der Waals surface area contributed by atoms with Gasteiger partial charge in [-0.1, -0.05) is 18.2 Å². The molecule has 1 aliphatic carbocycles. The summed E-state index contributed by atoms with van der Waals surface area (Å²) in [6, 6.07) is 1.05. The minimum Gasteiger partial charge on any atom is -0.361 e. The smallest absolute Gasteiger partial charge is 0.361 e. The fourth-order valence-corrected chi connectivity index (χ4v) is 4.79. The summed E-state index contributed by atoms with van der Waals surface area (Å²) in [6.45, 7) is 8.70. The number of nitrogens with one attached hydrogen (secondary N) is 1. The highest BCUT2D eigenvalue weighted by Gasteiger charge is 2.49. The first-order valence-corrected chi connectivity index (χ1v) is 9.30. The Morgan fingerprint density at radius 3 is 2.39 bits per heavy atom. The minimum atomic E-state index is -4.38. The summed E-state index contributed by atoms with van der Waals surface area (Å²) < 4.78 is 40.5. The Bertz CT molecular complexity index is 940. The third-order valence-electron chi connectivity index (χ3n) is 4.67. The number of nitriles is 1. The summed E-state index contributed by atoms with van der Waals surface area (Å²) in [4.78, 5) is 9.94. The van der Waals surface area contributed by atoms with Crippen LogP contribution < -0.4 is 0 Å². The van der Waals surface area contributed by atoms with Crippen molar-refractivity contribution >= 4 is 40.6 Å². The molecule has 0 aliphatic heterocycles. The summed E-state index contributed by atoms with van der Waals surface area (Å²) in [7, 11) is 0. The fraction of sp³-hybridized carbons (Fsp3) is 0.500. The van der Waals surface area contributed by atoms with Crippen LogP contribution >= 0.6 is 34.8 Å². The maximum Gasteiger partial charge on any atom is 0.391 e. The van der Waals surface area contributed by atoms with Crippen molar-refractivity contribution in [2.24, 2.45) is 5.92 Å². The van der Waals surface area contributed by atoms with E-state index >= 15 is 0 Å². The Labute approximate surface area is 173 Å². The van der Waals surface area contributed by atoms with Crippen LogP contribution in [0, 0.1) is 30.7 Å². The normalized spacial score (nSPS) is 25.3. The first-order valence-electron chi connectivity index (χ1n) is 8.05. The van der Waals surface area contributed by atoms with Crippen molar-refractivity contribution in [3.05, 3.63) is 28.0 Å². The maximum atomic E-state index is 13.1. The molecular formula is C16H12Cl3F3N6. The van der Waals surface area contributed by atoms with Crippen molar-refractivity contribution in [3.8, 4) is 17.5 Å². The molecule has 2 unspecified atom stereocenters. The molecule has 1 saturated carbocycles. The molecular weight excluding hydrogens is 440 g/mol. The summed E-state index contributed by atoms with van der Waals surface area (Å²) in [6.07, 6.45) is -4.98. The zero-order valence-electron chi connectivity index (χ0n) is 14.2. The fourth-order valence-electron chi connectivity index (χ4n) is 3.35. The van der Waals surface area contributed by atoms with Gasteiger partial charge in [0, 0.05) is 0 Å². The Kier molecular flexibility index (Phi) is 5.55. The molecule has 1 aliphatic rings. The lowest BCUT2D eigenvalue weighted by Crippen LogP contribution is -2.41. The van der Waals surface area contributed by atoms with Gasteiger partial charge >= 0.3 is 6.18 Å². The van der Waals surface area contributed by atoms with E-state index in [9.17, 15) is 13.2 Å². The molecule has 1 N–H and O–H groups in total. The molecule has 1 fully saturated rings. The molecule has 2 aromatic heterocycles. The molecule has 3 rings (SSSR count). The molecule has 2 atom stereocenters. The van der Waals surface area contributed by atoms with Gasteiger partial charge in [0.1, 0.15) is 11.2 Å². The van der Waals surface area contributed by atoms with Crippen LogP contribution in [0.3, 0.4) is 0 Å². The van der Waals surface area contributed by atoms with Gasteiger partial charge in [-0.05, 0) is 19.8 Å². The molecule has 0 spiro atoms. The van der Waals surface area contributed by atoms with E-state index in [-0.39, 0.29) is 35.3 Å². The van der Waals surface area contributed by atoms with Gasteiger partial charge in [-0.3, -0.25) is 4.98 Å². The zero-order valence-corrected chi connectivity index (χ0v) is 16.5. The second kappa shape index (κ2) is 7.47. The zero-order chi connectivity index (χ0) is 20.8. The number of H-pyrrole nitrogens is 1. The molecule has 6 nitrogen and oxygen atoms in total. The molecule has 0 radical (unpaired) electrons. The monoisotopic (exact) mass is 450 g/mol. The molecule has 148 valence electrons. The van der Waals surface area contributed by atoms with Crippen LogP contribution in [-0.2, 0) is 0 Å². The van der Waals surface area contributed by atoms with Crippen molar-refractivity contribution in [2.75, 3.05) is 0 Å². The Morgan fingerprint density at radius 2 is 1.93 bits per heavy atom. The highest BCUT2D eigenvalue weighted by molar-refractivity contribution is 6.32. The van der Waals surface area contributed by atoms with E-state index in [2.05, 4.69) is 19.9 Å². The quantitative estimate of drug-likeness (QED) is 0.492. The number of aromatic nitrogens is 4. The molecule has 2 heterocycles. The van der Waals surface area contributed by atoms with Gasteiger partial charge in [0.05, 0.1) is 34.0 Å². The second-order valence-electron chi connectivity index (χ2n) is 6.43. The van der Waals surface area contributed by atoms with E-state index in [0.717, 1.165) is 0 Å². The molecule has 2 aromatic rings. The van der Waals surface area contributed by atoms with E-state index in [1.54, 1.807) is 13.0 Å². The summed E-state index contributed by atoms with van der Waals surface area (Å²) in [5.74, 6) is -1.47. The van der Waals surface area contributed by atoms with Crippen LogP contribution in [0.25, 0.3) is 16.2 Å². The van der Waals surface area contributed by atoms with Gasteiger partial charge in [-0.15, -0.1) is 23.2 Å². The van der Waals surface area contributed by atoms with E-state index in [4.69, 9.17) is 46.6 Å². The summed E-state index contributed by atoms with van der Waals surface area (Å²) in [5.41, 5.74) is 0.647. The molecule has 12 heteroatoms. The largest absolute Gasteiger partial charge is 0.391 e. The number of imidazole rings is 1. The maximum absolute atomic E-state index is 13.1. The SMILES string of the molecule is [C-]#[N+]c1[nH]c(-c2c(C)nn(C3C(Cl)CC(C(F)(F)F)CC3Cl)c2Cl)nc1C#N. The average molecular weight is 452 g/mol. The minimum absolute atomic E-state index is 0.0446. The molecule has 28 heavy (non-hydrogen) atoms. The van der Waals surface area contributed by atoms with Gasteiger partial charge in [0.15, 0.2) is 5.69 Å². The standard InChI is InChI=1S/C16H12Cl3F3N6/c1-6-11(15-25-10(5-23)14(24-2)26-15)13(19)28(27-6)12-8(17)3-7(4-9(12)18)16(20,21)22/h7-9,12H,3-4H2,1H3,(H,25,26). The van der Waals surface area contributed by atoms with Crippen LogP contribution in [-0.4, -0.2) is 36.7 Å². The van der Waals surface area contributed by atoms with Crippen LogP contribution in [0.5, 0.6) is 0 Å².